The van der Waals surface area contributed by atoms with Crippen molar-refractivity contribution in [1.82, 2.24) is 0 Å². The standard InChI is InChI=1S/C25H26N2O3S/c28-24(17-30-22-13-11-19(12-14-22)18-6-2-1-3-7-18)26-20-8-4-9-21(16-20)27-25(29)23-10-5-15-31-23/h4-5,8-16,18H,1-3,6-7,17H2,(H,26,28)(H,27,29). The number of ether oxygens (including phenoxy) is 1. The molecule has 0 saturated heterocycles. The highest BCUT2D eigenvalue weighted by molar-refractivity contribution is 7.12. The van der Waals surface area contributed by atoms with Crippen LogP contribution in [-0.2, 0) is 4.79 Å². The van der Waals surface area contributed by atoms with Gasteiger partial charge in [0.15, 0.2) is 6.61 Å². The Morgan fingerprint density at radius 2 is 1.65 bits per heavy atom. The number of hydrogen-bond acceptors (Lipinski definition) is 4. The van der Waals surface area contributed by atoms with E-state index in [0.29, 0.717) is 27.9 Å². The number of thiophene rings is 1. The number of benzene rings is 2. The van der Waals surface area contributed by atoms with Crippen LogP contribution in [-0.4, -0.2) is 18.4 Å². The monoisotopic (exact) mass is 434 g/mol. The Morgan fingerprint density at radius 1 is 0.903 bits per heavy atom. The van der Waals surface area contributed by atoms with Gasteiger partial charge in [-0.25, -0.2) is 0 Å². The molecule has 1 saturated carbocycles. The highest BCUT2D eigenvalue weighted by Crippen LogP contribution is 2.33. The first kappa shape index (κ1) is 21.1. The van der Waals surface area contributed by atoms with Crippen molar-refractivity contribution in [2.75, 3.05) is 17.2 Å². The van der Waals surface area contributed by atoms with Gasteiger partial charge >= 0.3 is 0 Å². The van der Waals surface area contributed by atoms with Gasteiger partial charge in [-0.1, -0.05) is 43.5 Å². The Balaban J connectivity index is 1.27. The van der Waals surface area contributed by atoms with Crippen molar-refractivity contribution in [3.05, 3.63) is 76.5 Å². The van der Waals surface area contributed by atoms with Crippen molar-refractivity contribution in [3.63, 3.8) is 0 Å². The third-order valence-corrected chi connectivity index (χ3v) is 6.34. The average molecular weight is 435 g/mol. The van der Waals surface area contributed by atoms with Gasteiger partial charge in [-0.15, -0.1) is 11.3 Å². The van der Waals surface area contributed by atoms with Crippen molar-refractivity contribution in [2.24, 2.45) is 0 Å². The maximum atomic E-state index is 12.3. The molecule has 0 bridgehead atoms. The normalized spacial score (nSPS) is 14.1. The van der Waals surface area contributed by atoms with Crippen LogP contribution in [0.5, 0.6) is 5.75 Å². The molecule has 1 fully saturated rings. The number of nitrogens with one attached hydrogen (secondary N) is 2. The second-order valence-electron chi connectivity index (χ2n) is 7.75. The van der Waals surface area contributed by atoms with E-state index in [-0.39, 0.29) is 18.4 Å². The quantitative estimate of drug-likeness (QED) is 0.474. The zero-order valence-electron chi connectivity index (χ0n) is 17.3. The van der Waals surface area contributed by atoms with Crippen LogP contribution in [0.1, 0.15) is 53.3 Å². The van der Waals surface area contributed by atoms with E-state index in [1.807, 2.05) is 23.6 Å². The summed E-state index contributed by atoms with van der Waals surface area (Å²) in [7, 11) is 0. The summed E-state index contributed by atoms with van der Waals surface area (Å²) in [6.07, 6.45) is 6.48. The summed E-state index contributed by atoms with van der Waals surface area (Å²) in [6, 6.07) is 18.8. The first-order valence-corrected chi connectivity index (χ1v) is 11.5. The lowest BCUT2D eigenvalue weighted by Crippen LogP contribution is -2.20. The van der Waals surface area contributed by atoms with Crippen molar-refractivity contribution >= 4 is 34.5 Å². The fraction of sp³-hybridized carbons (Fsp3) is 0.280. The van der Waals surface area contributed by atoms with Crippen LogP contribution in [0.25, 0.3) is 0 Å². The molecule has 160 valence electrons. The van der Waals surface area contributed by atoms with Gasteiger partial charge in [0.05, 0.1) is 4.88 Å². The minimum atomic E-state index is -0.252. The Morgan fingerprint density at radius 3 is 2.35 bits per heavy atom. The predicted molar refractivity (Wildman–Crippen MR) is 125 cm³/mol. The summed E-state index contributed by atoms with van der Waals surface area (Å²) in [5.74, 6) is 0.918. The molecule has 0 unspecified atom stereocenters. The smallest absolute Gasteiger partial charge is 0.265 e. The fourth-order valence-corrected chi connectivity index (χ4v) is 4.51. The van der Waals surface area contributed by atoms with Crippen molar-refractivity contribution < 1.29 is 14.3 Å². The highest BCUT2D eigenvalue weighted by Gasteiger charge is 2.15. The minimum Gasteiger partial charge on any atom is -0.484 e. The second-order valence-corrected chi connectivity index (χ2v) is 8.70. The molecule has 1 heterocycles. The molecule has 0 aliphatic heterocycles. The average Bonchev–Trinajstić information content (AvgIpc) is 3.34. The van der Waals surface area contributed by atoms with Crippen LogP contribution in [0.15, 0.2) is 66.0 Å². The topological polar surface area (TPSA) is 67.4 Å². The third kappa shape index (κ3) is 5.95. The molecule has 2 aromatic carbocycles. The molecule has 6 heteroatoms. The molecule has 3 aromatic rings. The van der Waals surface area contributed by atoms with Crippen molar-refractivity contribution in [2.45, 2.75) is 38.0 Å². The van der Waals surface area contributed by atoms with Gasteiger partial charge in [-0.2, -0.15) is 0 Å². The lowest BCUT2D eigenvalue weighted by atomic mass is 9.84. The van der Waals surface area contributed by atoms with Gasteiger partial charge in [0.25, 0.3) is 11.8 Å². The highest BCUT2D eigenvalue weighted by atomic mass is 32.1. The fourth-order valence-electron chi connectivity index (χ4n) is 3.89. The zero-order valence-corrected chi connectivity index (χ0v) is 18.1. The summed E-state index contributed by atoms with van der Waals surface area (Å²) in [5.41, 5.74) is 2.58. The van der Waals surface area contributed by atoms with E-state index in [1.165, 1.54) is 49.0 Å². The molecule has 1 aromatic heterocycles. The number of carbonyl (C=O) groups is 2. The molecular weight excluding hydrogens is 408 g/mol. The van der Waals surface area contributed by atoms with E-state index in [4.69, 9.17) is 4.74 Å². The Bertz CT molecular complexity index is 1010. The van der Waals surface area contributed by atoms with Gasteiger partial charge in [0.2, 0.25) is 0 Å². The van der Waals surface area contributed by atoms with E-state index < -0.39 is 0 Å². The van der Waals surface area contributed by atoms with Gasteiger partial charge < -0.3 is 15.4 Å². The van der Waals surface area contributed by atoms with Crippen LogP contribution >= 0.6 is 11.3 Å². The molecule has 1 aliphatic rings. The maximum Gasteiger partial charge on any atom is 0.265 e. The van der Waals surface area contributed by atoms with Gasteiger partial charge in [-0.3, -0.25) is 9.59 Å². The van der Waals surface area contributed by atoms with Crippen LogP contribution in [0, 0.1) is 0 Å². The Hall–Kier alpha value is -3.12. The molecular formula is C25H26N2O3S. The lowest BCUT2D eigenvalue weighted by molar-refractivity contribution is -0.118. The summed E-state index contributed by atoms with van der Waals surface area (Å²) in [5, 5.41) is 7.50. The number of hydrogen-bond donors (Lipinski definition) is 2. The summed E-state index contributed by atoms with van der Waals surface area (Å²) < 4.78 is 5.65. The van der Waals surface area contributed by atoms with Crippen molar-refractivity contribution in [3.8, 4) is 5.75 Å². The van der Waals surface area contributed by atoms with Gasteiger partial charge in [0.1, 0.15) is 5.75 Å². The van der Waals surface area contributed by atoms with E-state index in [2.05, 4.69) is 22.8 Å². The van der Waals surface area contributed by atoms with Crippen LogP contribution in [0.2, 0.25) is 0 Å². The van der Waals surface area contributed by atoms with E-state index >= 15 is 0 Å². The first-order chi connectivity index (χ1) is 15.2. The third-order valence-electron chi connectivity index (χ3n) is 5.48. The molecule has 5 nitrogen and oxygen atoms in total. The Labute approximate surface area is 186 Å². The van der Waals surface area contributed by atoms with Crippen LogP contribution < -0.4 is 15.4 Å². The Kier molecular flexibility index (Phi) is 6.99. The van der Waals surface area contributed by atoms with E-state index in [9.17, 15) is 9.59 Å². The number of anilines is 2. The van der Waals surface area contributed by atoms with Crippen LogP contribution in [0.4, 0.5) is 11.4 Å². The largest absolute Gasteiger partial charge is 0.484 e. The SMILES string of the molecule is O=C(COc1ccc(C2CCCCC2)cc1)Nc1cccc(NC(=O)c2cccs2)c1. The van der Waals surface area contributed by atoms with E-state index in [1.54, 1.807) is 30.3 Å². The molecule has 4 rings (SSSR count). The number of carbonyl (C=O) groups excluding carboxylic acids is 2. The lowest BCUT2D eigenvalue weighted by Gasteiger charge is -2.22. The van der Waals surface area contributed by atoms with Crippen molar-refractivity contribution in [1.29, 1.82) is 0 Å². The maximum absolute atomic E-state index is 12.3. The number of amides is 2. The molecule has 2 amide bonds. The molecule has 31 heavy (non-hydrogen) atoms. The van der Waals surface area contributed by atoms with Gasteiger partial charge in [-0.05, 0) is 66.1 Å². The minimum absolute atomic E-state index is 0.0748. The molecule has 2 N–H and O–H groups in total. The second kappa shape index (κ2) is 10.3. The molecule has 0 spiro atoms. The summed E-state index contributed by atoms with van der Waals surface area (Å²) in [6.45, 7) is -0.0748. The summed E-state index contributed by atoms with van der Waals surface area (Å²) in [4.78, 5) is 25.1. The summed E-state index contributed by atoms with van der Waals surface area (Å²) >= 11 is 1.38. The molecule has 0 radical (unpaired) electrons. The molecule has 1 aliphatic carbocycles. The van der Waals surface area contributed by atoms with E-state index in [0.717, 1.165) is 0 Å². The van der Waals surface area contributed by atoms with Gasteiger partial charge in [0, 0.05) is 11.4 Å². The van der Waals surface area contributed by atoms with Crippen LogP contribution in [0.3, 0.4) is 0 Å². The zero-order chi connectivity index (χ0) is 21.5. The predicted octanol–water partition coefficient (Wildman–Crippen LogP) is 6.07. The number of rotatable bonds is 7. The molecule has 0 atom stereocenters. The first-order valence-electron chi connectivity index (χ1n) is 10.6.